The van der Waals surface area contributed by atoms with Gasteiger partial charge < -0.3 is 11.1 Å². The van der Waals surface area contributed by atoms with Gasteiger partial charge in [0.15, 0.2) is 10.3 Å². The number of aromatic nitrogens is 3. The zero-order valence-corrected chi connectivity index (χ0v) is 14.3. The number of rotatable bonds is 5. The Kier molecular flexibility index (Phi) is 5.10. The van der Waals surface area contributed by atoms with Crippen LogP contribution >= 0.6 is 23.1 Å². The number of carbonyl (C=O) groups is 1. The molecule has 0 bridgehead atoms. The molecule has 3 aromatic rings. The van der Waals surface area contributed by atoms with Crippen LogP contribution in [0.25, 0.3) is 5.69 Å². The third-order valence-electron chi connectivity index (χ3n) is 3.02. The molecular formula is C15H12FN5O2S2. The maximum absolute atomic E-state index is 13.1. The summed E-state index contributed by atoms with van der Waals surface area (Å²) in [7, 11) is 0. The van der Waals surface area contributed by atoms with Gasteiger partial charge in [-0.1, -0.05) is 11.8 Å². The van der Waals surface area contributed by atoms with Crippen molar-refractivity contribution in [2.75, 3.05) is 16.8 Å². The van der Waals surface area contributed by atoms with E-state index in [-0.39, 0.29) is 22.6 Å². The average molecular weight is 377 g/mol. The number of nitrogens with one attached hydrogen (secondary N) is 1. The number of hydrogen-bond donors (Lipinski definition) is 2. The maximum atomic E-state index is 13.1. The summed E-state index contributed by atoms with van der Waals surface area (Å²) >= 11 is 2.35. The lowest BCUT2D eigenvalue weighted by Crippen LogP contribution is -2.19. The van der Waals surface area contributed by atoms with E-state index in [1.165, 1.54) is 46.2 Å². The van der Waals surface area contributed by atoms with Crippen LogP contribution in [0.3, 0.4) is 0 Å². The fraction of sp³-hybridized carbons (Fsp3) is 0.0667. The first-order valence-electron chi connectivity index (χ1n) is 7.00. The highest BCUT2D eigenvalue weighted by Gasteiger charge is 2.13. The second kappa shape index (κ2) is 7.45. The zero-order chi connectivity index (χ0) is 17.8. The van der Waals surface area contributed by atoms with Crippen LogP contribution in [0.4, 0.5) is 15.3 Å². The van der Waals surface area contributed by atoms with Gasteiger partial charge in [-0.3, -0.25) is 14.2 Å². The molecule has 0 saturated heterocycles. The predicted molar refractivity (Wildman–Crippen MR) is 95.7 cm³/mol. The van der Waals surface area contributed by atoms with Crippen molar-refractivity contribution >= 4 is 40.0 Å². The molecule has 128 valence electrons. The van der Waals surface area contributed by atoms with Crippen molar-refractivity contribution in [3.63, 3.8) is 0 Å². The standard InChI is InChI=1S/C15H12FN5O2S2/c16-9-1-3-10(4-2-9)21-11(17)7-12(22)20-15(21)25-8-13(23)19-14-18-5-6-24-14/h1-7H,8,17H2,(H,18,19,23). The molecule has 0 fully saturated rings. The smallest absolute Gasteiger partial charge is 0.275 e. The van der Waals surface area contributed by atoms with Crippen LogP contribution in [0.5, 0.6) is 0 Å². The number of nitrogen functional groups attached to an aromatic ring is 1. The Bertz CT molecular complexity index is 942. The Morgan fingerprint density at radius 2 is 2.12 bits per heavy atom. The number of benzene rings is 1. The van der Waals surface area contributed by atoms with Crippen LogP contribution in [-0.4, -0.2) is 26.2 Å². The highest BCUT2D eigenvalue weighted by Crippen LogP contribution is 2.23. The predicted octanol–water partition coefficient (Wildman–Crippen LogP) is 2.14. The molecule has 2 heterocycles. The van der Waals surface area contributed by atoms with Crippen molar-refractivity contribution in [3.8, 4) is 5.69 Å². The third-order valence-corrected chi connectivity index (χ3v) is 4.65. The quantitative estimate of drug-likeness (QED) is 0.522. The van der Waals surface area contributed by atoms with E-state index >= 15 is 0 Å². The normalized spacial score (nSPS) is 10.6. The van der Waals surface area contributed by atoms with E-state index in [1.54, 1.807) is 11.6 Å². The fourth-order valence-electron chi connectivity index (χ4n) is 2.00. The molecule has 2 aromatic heterocycles. The molecule has 0 unspecified atom stereocenters. The van der Waals surface area contributed by atoms with Crippen LogP contribution in [-0.2, 0) is 4.79 Å². The van der Waals surface area contributed by atoms with Gasteiger partial charge in [0.25, 0.3) is 5.56 Å². The zero-order valence-electron chi connectivity index (χ0n) is 12.7. The topological polar surface area (TPSA) is 103 Å². The number of thiazole rings is 1. The summed E-state index contributed by atoms with van der Waals surface area (Å²) in [5.41, 5.74) is 5.94. The molecule has 0 aliphatic carbocycles. The molecule has 1 aromatic carbocycles. The minimum absolute atomic E-state index is 0.0106. The van der Waals surface area contributed by atoms with Crippen molar-refractivity contribution in [2.45, 2.75) is 5.16 Å². The molecule has 10 heteroatoms. The lowest BCUT2D eigenvalue weighted by Gasteiger charge is -2.14. The second-order valence-electron chi connectivity index (χ2n) is 4.79. The van der Waals surface area contributed by atoms with Crippen LogP contribution in [0.1, 0.15) is 0 Å². The molecule has 1 amide bonds. The molecule has 0 aliphatic rings. The molecule has 0 spiro atoms. The number of hydrogen-bond acceptors (Lipinski definition) is 7. The number of anilines is 2. The van der Waals surface area contributed by atoms with Crippen molar-refractivity contribution in [2.24, 2.45) is 0 Å². The monoisotopic (exact) mass is 377 g/mol. The Morgan fingerprint density at radius 3 is 2.80 bits per heavy atom. The molecule has 25 heavy (non-hydrogen) atoms. The Morgan fingerprint density at radius 1 is 1.36 bits per heavy atom. The molecule has 3 N–H and O–H groups in total. The van der Waals surface area contributed by atoms with Gasteiger partial charge in [-0.2, -0.15) is 4.98 Å². The summed E-state index contributed by atoms with van der Waals surface area (Å²) in [6.07, 6.45) is 1.58. The number of carbonyl (C=O) groups excluding carboxylic acids is 1. The molecule has 7 nitrogen and oxygen atoms in total. The Balaban J connectivity index is 1.83. The molecule has 0 aliphatic heterocycles. The van der Waals surface area contributed by atoms with Crippen molar-refractivity contribution < 1.29 is 9.18 Å². The van der Waals surface area contributed by atoms with Gasteiger partial charge >= 0.3 is 0 Å². The largest absolute Gasteiger partial charge is 0.385 e. The molecule has 0 radical (unpaired) electrons. The number of nitrogens with zero attached hydrogens (tertiary/aromatic N) is 3. The van der Waals surface area contributed by atoms with Gasteiger partial charge in [0.1, 0.15) is 11.6 Å². The summed E-state index contributed by atoms with van der Waals surface area (Å²) in [6.45, 7) is 0. The molecule has 3 rings (SSSR count). The highest BCUT2D eigenvalue weighted by molar-refractivity contribution is 7.99. The Hall–Kier alpha value is -2.72. The van der Waals surface area contributed by atoms with Crippen molar-refractivity contribution in [3.05, 3.63) is 58.1 Å². The minimum atomic E-state index is -0.515. The number of halogens is 1. The van der Waals surface area contributed by atoms with Crippen LogP contribution in [0, 0.1) is 5.82 Å². The first kappa shape index (κ1) is 17.1. The van der Waals surface area contributed by atoms with Gasteiger partial charge in [0, 0.05) is 23.3 Å². The summed E-state index contributed by atoms with van der Waals surface area (Å²) in [6, 6.07) is 6.74. The van der Waals surface area contributed by atoms with E-state index in [0.29, 0.717) is 10.8 Å². The van der Waals surface area contributed by atoms with Crippen molar-refractivity contribution in [1.29, 1.82) is 0 Å². The molecule has 0 saturated carbocycles. The average Bonchev–Trinajstić information content (AvgIpc) is 3.07. The summed E-state index contributed by atoms with van der Waals surface area (Å²) < 4.78 is 14.6. The van der Waals surface area contributed by atoms with E-state index in [9.17, 15) is 14.0 Å². The summed E-state index contributed by atoms with van der Waals surface area (Å²) in [5.74, 6) is -0.526. The van der Waals surface area contributed by atoms with Gasteiger partial charge in [0.2, 0.25) is 5.91 Å². The van der Waals surface area contributed by atoms with Gasteiger partial charge in [0.05, 0.1) is 5.75 Å². The van der Waals surface area contributed by atoms with E-state index in [4.69, 9.17) is 5.73 Å². The van der Waals surface area contributed by atoms with Crippen LogP contribution in [0.2, 0.25) is 0 Å². The van der Waals surface area contributed by atoms with E-state index in [0.717, 1.165) is 11.8 Å². The summed E-state index contributed by atoms with van der Waals surface area (Å²) in [5, 5.41) is 5.11. The Labute approximate surface area is 149 Å². The lowest BCUT2D eigenvalue weighted by atomic mass is 10.3. The number of nitrogens with two attached hydrogens (primary N) is 1. The lowest BCUT2D eigenvalue weighted by molar-refractivity contribution is -0.113. The van der Waals surface area contributed by atoms with E-state index in [2.05, 4.69) is 15.3 Å². The van der Waals surface area contributed by atoms with Crippen molar-refractivity contribution in [1.82, 2.24) is 14.5 Å². The summed E-state index contributed by atoms with van der Waals surface area (Å²) in [4.78, 5) is 31.5. The SMILES string of the molecule is Nc1cc(=O)nc(SCC(=O)Nc2nccs2)n1-c1ccc(F)cc1. The second-order valence-corrected chi connectivity index (χ2v) is 6.62. The van der Waals surface area contributed by atoms with E-state index in [1.807, 2.05) is 0 Å². The fourth-order valence-corrected chi connectivity index (χ4v) is 3.37. The van der Waals surface area contributed by atoms with Crippen LogP contribution < -0.4 is 16.6 Å². The number of thioether (sulfide) groups is 1. The molecular weight excluding hydrogens is 365 g/mol. The maximum Gasteiger partial charge on any atom is 0.275 e. The number of amides is 1. The van der Waals surface area contributed by atoms with E-state index < -0.39 is 11.4 Å². The van der Waals surface area contributed by atoms with Gasteiger partial charge in [-0.15, -0.1) is 11.3 Å². The molecule has 0 atom stereocenters. The minimum Gasteiger partial charge on any atom is -0.385 e. The highest BCUT2D eigenvalue weighted by atomic mass is 32.2. The van der Waals surface area contributed by atoms with Crippen LogP contribution in [0.15, 0.2) is 51.9 Å². The third kappa shape index (κ3) is 4.22. The first-order valence-corrected chi connectivity index (χ1v) is 8.87. The first-order chi connectivity index (χ1) is 12.0. The van der Waals surface area contributed by atoms with Gasteiger partial charge in [-0.05, 0) is 24.3 Å². The van der Waals surface area contributed by atoms with Gasteiger partial charge in [-0.25, -0.2) is 9.37 Å².